The molecule has 10 nitrogen and oxygen atoms in total. The number of halogens is 1. The Morgan fingerprint density at radius 3 is 2.40 bits per heavy atom. The summed E-state index contributed by atoms with van der Waals surface area (Å²) in [5, 5.41) is 14.4. The fourth-order valence-corrected chi connectivity index (χ4v) is 4.45. The molecule has 35 heavy (non-hydrogen) atoms. The molecule has 1 aromatic heterocycles. The molecule has 5 rings (SSSR count). The first-order valence-corrected chi connectivity index (χ1v) is 11.1. The molecule has 0 bridgehead atoms. The average molecular weight is 481 g/mol. The lowest BCUT2D eigenvalue weighted by atomic mass is 10.0. The lowest BCUT2D eigenvalue weighted by Crippen LogP contribution is -2.41. The Balaban J connectivity index is 1.50. The smallest absolute Gasteiger partial charge is 0.277 e. The first-order valence-electron chi connectivity index (χ1n) is 11.1. The molecule has 3 heterocycles. The van der Waals surface area contributed by atoms with Gasteiger partial charge in [0.05, 0.1) is 19.4 Å². The second kappa shape index (κ2) is 9.10. The normalized spacial score (nSPS) is 16.9. The van der Waals surface area contributed by atoms with Gasteiger partial charge in [0.15, 0.2) is 11.6 Å². The monoisotopic (exact) mass is 481 g/mol. The molecule has 2 aliphatic rings. The van der Waals surface area contributed by atoms with Gasteiger partial charge in [0.1, 0.15) is 24.2 Å². The van der Waals surface area contributed by atoms with Gasteiger partial charge in [-0.3, -0.25) is 9.59 Å². The minimum Gasteiger partial charge on any atom is -0.494 e. The number of carbonyl (C=O) groups is 2. The van der Waals surface area contributed by atoms with Gasteiger partial charge >= 0.3 is 0 Å². The third-order valence-electron chi connectivity index (χ3n) is 6.17. The van der Waals surface area contributed by atoms with E-state index in [-0.39, 0.29) is 35.6 Å². The number of aliphatic hydroxyl groups excluding tert-OH is 1. The van der Waals surface area contributed by atoms with E-state index in [1.807, 2.05) is 0 Å². The maximum absolute atomic E-state index is 14.4. The maximum Gasteiger partial charge on any atom is 0.277 e. The summed E-state index contributed by atoms with van der Waals surface area (Å²) in [4.78, 5) is 29.0. The predicted octanol–water partition coefficient (Wildman–Crippen LogP) is 1.54. The van der Waals surface area contributed by atoms with E-state index in [4.69, 9.17) is 15.2 Å². The average Bonchev–Trinajstić information content (AvgIpc) is 3.26. The Morgan fingerprint density at radius 2 is 1.77 bits per heavy atom. The van der Waals surface area contributed by atoms with Crippen molar-refractivity contribution in [2.45, 2.75) is 12.6 Å². The molecule has 1 fully saturated rings. The number of ether oxygens (including phenoxy) is 2. The summed E-state index contributed by atoms with van der Waals surface area (Å²) in [5.41, 5.74) is 8.26. The summed E-state index contributed by atoms with van der Waals surface area (Å²) in [7, 11) is 1.36. The molecule has 1 atom stereocenters. The van der Waals surface area contributed by atoms with E-state index in [9.17, 15) is 19.1 Å². The Hall–Kier alpha value is -3.80. The van der Waals surface area contributed by atoms with Crippen LogP contribution < -0.4 is 20.3 Å². The van der Waals surface area contributed by atoms with E-state index in [0.29, 0.717) is 43.1 Å². The molecule has 0 radical (unpaired) electrons. The summed E-state index contributed by atoms with van der Waals surface area (Å²) < 4.78 is 25.9. The molecule has 1 saturated heterocycles. The molecule has 2 aromatic carbocycles. The molecule has 3 N–H and O–H groups in total. The van der Waals surface area contributed by atoms with E-state index >= 15 is 0 Å². The van der Waals surface area contributed by atoms with Gasteiger partial charge < -0.3 is 30.1 Å². The van der Waals surface area contributed by atoms with Gasteiger partial charge in [-0.05, 0) is 42.8 Å². The van der Waals surface area contributed by atoms with Gasteiger partial charge in [-0.1, -0.05) is 0 Å². The quantitative estimate of drug-likeness (QED) is 0.530. The van der Waals surface area contributed by atoms with Crippen LogP contribution in [0.25, 0.3) is 5.69 Å². The van der Waals surface area contributed by atoms with Crippen molar-refractivity contribution in [2.24, 2.45) is 5.73 Å². The first kappa shape index (κ1) is 23.0. The number of aromatic nitrogens is 2. The number of nitrogens with zero attached hydrogens (tertiary/aromatic N) is 4. The fourth-order valence-electron chi connectivity index (χ4n) is 4.45. The van der Waals surface area contributed by atoms with E-state index < -0.39 is 12.0 Å². The lowest BCUT2D eigenvalue weighted by Gasteiger charge is -2.30. The molecule has 0 spiro atoms. The van der Waals surface area contributed by atoms with E-state index in [2.05, 4.69) is 5.10 Å². The number of anilines is 2. The molecule has 3 aromatic rings. The largest absolute Gasteiger partial charge is 0.494 e. The predicted molar refractivity (Wildman–Crippen MR) is 124 cm³/mol. The Bertz CT molecular complexity index is 1290. The minimum absolute atomic E-state index is 0.0421. The molecule has 2 aliphatic heterocycles. The van der Waals surface area contributed by atoms with Gasteiger partial charge in [-0.15, -0.1) is 0 Å². The van der Waals surface area contributed by atoms with E-state index in [1.54, 1.807) is 40.1 Å². The number of amides is 2. The highest BCUT2D eigenvalue weighted by molar-refractivity contribution is 6.07. The zero-order chi connectivity index (χ0) is 24.7. The van der Waals surface area contributed by atoms with Crippen molar-refractivity contribution in [3.63, 3.8) is 0 Å². The second-order valence-corrected chi connectivity index (χ2v) is 8.21. The summed E-state index contributed by atoms with van der Waals surface area (Å²) >= 11 is 0. The number of morpholine rings is 1. The van der Waals surface area contributed by atoms with Crippen molar-refractivity contribution in [2.75, 3.05) is 43.2 Å². The Morgan fingerprint density at radius 1 is 1.09 bits per heavy atom. The van der Waals surface area contributed by atoms with E-state index in [1.165, 1.54) is 23.9 Å². The number of benzene rings is 2. The second-order valence-electron chi connectivity index (χ2n) is 8.21. The molecule has 1 unspecified atom stereocenters. The van der Waals surface area contributed by atoms with Crippen LogP contribution in [0, 0.1) is 5.82 Å². The number of hydrogen-bond acceptors (Lipinski definition) is 7. The lowest BCUT2D eigenvalue weighted by molar-refractivity contribution is -0.125. The summed E-state index contributed by atoms with van der Waals surface area (Å²) in [6.07, 6.45) is -0.995. The highest BCUT2D eigenvalue weighted by atomic mass is 19.1. The van der Waals surface area contributed by atoms with Crippen LogP contribution in [0.2, 0.25) is 0 Å². The number of hydrogen-bond donors (Lipinski definition) is 2. The number of fused-ring (bicyclic) bond motifs is 1. The Kier molecular flexibility index (Phi) is 5.97. The van der Waals surface area contributed by atoms with E-state index in [0.717, 1.165) is 5.69 Å². The van der Waals surface area contributed by atoms with Crippen LogP contribution in [-0.2, 0) is 16.0 Å². The van der Waals surface area contributed by atoms with Gasteiger partial charge in [-0.2, -0.15) is 5.10 Å². The van der Waals surface area contributed by atoms with Crippen molar-refractivity contribution >= 4 is 23.2 Å². The molecular formula is C24H24FN5O5. The zero-order valence-corrected chi connectivity index (χ0v) is 19.0. The van der Waals surface area contributed by atoms with Crippen molar-refractivity contribution in [3.8, 4) is 11.4 Å². The van der Waals surface area contributed by atoms with Crippen molar-refractivity contribution < 1.29 is 28.6 Å². The van der Waals surface area contributed by atoms with Crippen LogP contribution in [0.3, 0.4) is 0 Å². The van der Waals surface area contributed by atoms with Crippen molar-refractivity contribution in [1.82, 2.24) is 9.78 Å². The fraction of sp³-hybridized carbons (Fsp3) is 0.292. The minimum atomic E-state index is -1.39. The molecule has 11 heteroatoms. The van der Waals surface area contributed by atoms with Crippen molar-refractivity contribution in [3.05, 3.63) is 65.2 Å². The van der Waals surface area contributed by atoms with Crippen LogP contribution in [0.4, 0.5) is 15.8 Å². The highest BCUT2D eigenvalue weighted by Gasteiger charge is 2.34. The van der Waals surface area contributed by atoms with Crippen LogP contribution in [0.1, 0.15) is 28.0 Å². The zero-order valence-electron chi connectivity index (χ0n) is 19.0. The molecule has 0 saturated carbocycles. The number of aliphatic hydroxyl groups is 1. The van der Waals surface area contributed by atoms with Crippen LogP contribution in [0.5, 0.6) is 5.75 Å². The number of nitrogens with two attached hydrogens (primary N) is 1. The summed E-state index contributed by atoms with van der Waals surface area (Å²) in [5.74, 6) is -1.04. The summed E-state index contributed by atoms with van der Waals surface area (Å²) in [6.45, 7) is 1.31. The SMILES string of the molecule is COc1ccc(-n2nc(C(N)O)c3c2C(=O)N(c2ccc(N4CCOCC4=O)cc2)CC3)cc1F. The third-order valence-corrected chi connectivity index (χ3v) is 6.17. The van der Waals surface area contributed by atoms with Crippen LogP contribution in [0.15, 0.2) is 42.5 Å². The third kappa shape index (κ3) is 4.03. The van der Waals surface area contributed by atoms with Gasteiger partial charge in [0.25, 0.3) is 11.8 Å². The molecule has 182 valence electrons. The maximum atomic E-state index is 14.4. The van der Waals surface area contributed by atoms with Crippen LogP contribution >= 0.6 is 0 Å². The van der Waals surface area contributed by atoms with Gasteiger partial charge in [0.2, 0.25) is 0 Å². The number of rotatable bonds is 5. The number of methoxy groups -OCH3 is 1. The topological polar surface area (TPSA) is 123 Å². The Labute approximate surface area is 200 Å². The number of carbonyl (C=O) groups excluding carboxylic acids is 2. The standard InChI is InChI=1S/C24H24FN5O5/c1-34-19-7-6-16(12-18(19)25)30-22-17(21(27-30)23(26)32)8-9-29(24(22)33)15-4-2-14(3-5-15)28-10-11-35-13-20(28)31/h2-7,12,23,32H,8-11,13,26H2,1H3. The van der Waals surface area contributed by atoms with Crippen molar-refractivity contribution in [1.29, 1.82) is 0 Å². The van der Waals surface area contributed by atoms with Gasteiger partial charge in [-0.25, -0.2) is 9.07 Å². The first-order chi connectivity index (χ1) is 16.9. The summed E-state index contributed by atoms with van der Waals surface area (Å²) in [6, 6.07) is 11.3. The van der Waals surface area contributed by atoms with Crippen LogP contribution in [-0.4, -0.2) is 60.1 Å². The molecule has 2 amide bonds. The molecular weight excluding hydrogens is 457 g/mol. The highest BCUT2D eigenvalue weighted by Crippen LogP contribution is 2.32. The molecule has 0 aliphatic carbocycles. The van der Waals surface area contributed by atoms with Gasteiger partial charge in [0, 0.05) is 36.1 Å².